The molecule has 116 valence electrons. The second-order valence-electron chi connectivity index (χ2n) is 6.33. The second kappa shape index (κ2) is 6.08. The molecule has 0 amide bonds. The Morgan fingerprint density at radius 1 is 1.14 bits per heavy atom. The molecular formula is C17H18BrClN2S. The van der Waals surface area contributed by atoms with E-state index in [0.717, 1.165) is 15.2 Å². The Hall–Kier alpha value is -0.680. The normalized spacial score (nSPS) is 18.1. The first-order valence-electron chi connectivity index (χ1n) is 7.13. The van der Waals surface area contributed by atoms with Crippen LogP contribution in [0.1, 0.15) is 37.9 Å². The Kier molecular flexibility index (Phi) is 4.47. The SMILES string of the molecule is CC(C)(C)SN1Nc2ccc(Br)cc2C1c1ccc(Cl)cc1. The van der Waals surface area contributed by atoms with Crippen molar-refractivity contribution >= 4 is 45.2 Å². The first-order chi connectivity index (χ1) is 10.3. The zero-order valence-electron chi connectivity index (χ0n) is 12.7. The minimum Gasteiger partial charge on any atom is -0.308 e. The van der Waals surface area contributed by atoms with Gasteiger partial charge in [-0.15, -0.1) is 0 Å². The molecule has 3 rings (SSSR count). The smallest absolute Gasteiger partial charge is 0.0926 e. The Morgan fingerprint density at radius 3 is 2.45 bits per heavy atom. The molecule has 1 atom stereocenters. The Bertz CT molecular complexity index is 682. The van der Waals surface area contributed by atoms with E-state index >= 15 is 0 Å². The Labute approximate surface area is 149 Å². The third kappa shape index (κ3) is 3.46. The molecule has 0 bridgehead atoms. The summed E-state index contributed by atoms with van der Waals surface area (Å²) in [5.74, 6) is 0. The van der Waals surface area contributed by atoms with Gasteiger partial charge in [-0.3, -0.25) is 0 Å². The zero-order valence-corrected chi connectivity index (χ0v) is 15.9. The van der Waals surface area contributed by atoms with Gasteiger partial charge in [0.25, 0.3) is 0 Å². The molecule has 0 aliphatic carbocycles. The van der Waals surface area contributed by atoms with Crippen LogP contribution < -0.4 is 5.43 Å². The molecule has 2 nitrogen and oxygen atoms in total. The van der Waals surface area contributed by atoms with Gasteiger partial charge in [0.2, 0.25) is 0 Å². The van der Waals surface area contributed by atoms with E-state index in [9.17, 15) is 0 Å². The fraction of sp³-hybridized carbons (Fsp3) is 0.294. The third-order valence-corrected chi connectivity index (χ3v) is 5.12. The summed E-state index contributed by atoms with van der Waals surface area (Å²) in [6.07, 6.45) is 0. The van der Waals surface area contributed by atoms with Crippen molar-refractivity contribution in [3.8, 4) is 0 Å². The number of nitrogens with one attached hydrogen (secondary N) is 1. The van der Waals surface area contributed by atoms with Gasteiger partial charge in [-0.2, -0.15) is 4.41 Å². The molecule has 0 spiro atoms. The highest BCUT2D eigenvalue weighted by Crippen LogP contribution is 2.46. The molecule has 0 aromatic heterocycles. The summed E-state index contributed by atoms with van der Waals surface area (Å²) in [6.45, 7) is 6.66. The summed E-state index contributed by atoms with van der Waals surface area (Å²) >= 11 is 11.4. The standard InChI is InChI=1S/C17H18BrClN2S/c1-17(2,3)22-21-16(11-4-7-13(19)8-5-11)14-10-12(18)6-9-15(14)20-21/h4-10,16,20H,1-3H3. The molecule has 0 saturated carbocycles. The van der Waals surface area contributed by atoms with Crippen molar-refractivity contribution in [2.45, 2.75) is 31.6 Å². The lowest BCUT2D eigenvalue weighted by atomic mass is 9.99. The minimum atomic E-state index is 0.122. The number of anilines is 1. The largest absolute Gasteiger partial charge is 0.308 e. The van der Waals surface area contributed by atoms with Crippen LogP contribution in [0.4, 0.5) is 5.69 Å². The highest BCUT2D eigenvalue weighted by Gasteiger charge is 2.34. The molecule has 1 N–H and O–H groups in total. The van der Waals surface area contributed by atoms with E-state index in [2.05, 4.69) is 76.9 Å². The molecule has 1 aliphatic rings. The van der Waals surface area contributed by atoms with Gasteiger partial charge in [0.05, 0.1) is 11.7 Å². The molecule has 22 heavy (non-hydrogen) atoms. The summed E-state index contributed by atoms with van der Waals surface area (Å²) in [5, 5.41) is 0.763. The van der Waals surface area contributed by atoms with Crippen LogP contribution >= 0.6 is 39.5 Å². The molecule has 1 heterocycles. The third-order valence-electron chi connectivity index (χ3n) is 3.33. The average Bonchev–Trinajstić information content (AvgIpc) is 2.75. The van der Waals surface area contributed by atoms with Gasteiger partial charge in [-0.25, -0.2) is 0 Å². The Balaban J connectivity index is 2.04. The zero-order chi connectivity index (χ0) is 15.9. The molecule has 0 radical (unpaired) electrons. The van der Waals surface area contributed by atoms with Crippen molar-refractivity contribution in [2.75, 3.05) is 5.43 Å². The average molecular weight is 398 g/mol. The van der Waals surface area contributed by atoms with Crippen molar-refractivity contribution in [1.82, 2.24) is 4.41 Å². The fourth-order valence-electron chi connectivity index (χ4n) is 2.50. The molecule has 0 fully saturated rings. The van der Waals surface area contributed by atoms with E-state index < -0.39 is 0 Å². The van der Waals surface area contributed by atoms with Crippen LogP contribution in [0.15, 0.2) is 46.9 Å². The number of hydrazine groups is 1. The first-order valence-corrected chi connectivity index (χ1v) is 9.08. The first kappa shape index (κ1) is 16.2. The van der Waals surface area contributed by atoms with Crippen LogP contribution in [0, 0.1) is 0 Å². The highest BCUT2D eigenvalue weighted by atomic mass is 79.9. The van der Waals surface area contributed by atoms with Crippen molar-refractivity contribution in [3.05, 3.63) is 63.1 Å². The van der Waals surface area contributed by atoms with Crippen LogP contribution in [0.5, 0.6) is 0 Å². The molecule has 2 aromatic carbocycles. The summed E-state index contributed by atoms with van der Waals surface area (Å²) in [5.41, 5.74) is 7.18. The summed E-state index contributed by atoms with van der Waals surface area (Å²) in [4.78, 5) is 0. The van der Waals surface area contributed by atoms with Crippen molar-refractivity contribution in [1.29, 1.82) is 0 Å². The van der Waals surface area contributed by atoms with Gasteiger partial charge in [-0.1, -0.05) is 51.6 Å². The maximum atomic E-state index is 6.04. The van der Waals surface area contributed by atoms with Crippen molar-refractivity contribution < 1.29 is 0 Å². The summed E-state index contributed by atoms with van der Waals surface area (Å²) < 4.78 is 3.45. The van der Waals surface area contributed by atoms with Crippen LogP contribution in [-0.4, -0.2) is 9.16 Å². The van der Waals surface area contributed by atoms with E-state index in [-0.39, 0.29) is 10.8 Å². The van der Waals surface area contributed by atoms with Crippen molar-refractivity contribution in [3.63, 3.8) is 0 Å². The molecule has 5 heteroatoms. The van der Waals surface area contributed by atoms with Crippen LogP contribution in [0.3, 0.4) is 0 Å². The van der Waals surface area contributed by atoms with E-state index in [0.29, 0.717) is 0 Å². The maximum absolute atomic E-state index is 6.04. The predicted molar refractivity (Wildman–Crippen MR) is 100 cm³/mol. The van der Waals surface area contributed by atoms with Gasteiger partial charge in [-0.05, 0) is 56.7 Å². The molecule has 1 unspecified atom stereocenters. The number of hydrogen-bond acceptors (Lipinski definition) is 3. The second-order valence-corrected chi connectivity index (χ2v) is 9.48. The molecule has 1 aliphatic heterocycles. The Morgan fingerprint density at radius 2 is 1.82 bits per heavy atom. The molecular weight excluding hydrogens is 380 g/mol. The van der Waals surface area contributed by atoms with Gasteiger partial charge >= 0.3 is 0 Å². The maximum Gasteiger partial charge on any atom is 0.0926 e. The number of halogens is 2. The summed E-state index contributed by atoms with van der Waals surface area (Å²) in [6, 6.07) is 14.6. The predicted octanol–water partition coefficient (Wildman–Crippen LogP) is 6.28. The number of hydrogen-bond donors (Lipinski definition) is 1. The lowest BCUT2D eigenvalue weighted by Gasteiger charge is -2.30. The number of benzene rings is 2. The van der Waals surface area contributed by atoms with Gasteiger partial charge in [0, 0.05) is 19.8 Å². The number of nitrogens with zero attached hydrogens (tertiary/aromatic N) is 1. The van der Waals surface area contributed by atoms with E-state index in [1.807, 2.05) is 24.1 Å². The highest BCUT2D eigenvalue weighted by molar-refractivity contribution is 9.10. The van der Waals surface area contributed by atoms with E-state index in [1.54, 1.807) is 0 Å². The topological polar surface area (TPSA) is 15.3 Å². The quantitative estimate of drug-likeness (QED) is 0.600. The van der Waals surface area contributed by atoms with E-state index in [4.69, 9.17) is 11.6 Å². The van der Waals surface area contributed by atoms with Crippen LogP contribution in [-0.2, 0) is 0 Å². The van der Waals surface area contributed by atoms with Crippen molar-refractivity contribution in [2.24, 2.45) is 0 Å². The van der Waals surface area contributed by atoms with Gasteiger partial charge in [0.1, 0.15) is 0 Å². The summed E-state index contributed by atoms with van der Waals surface area (Å²) in [7, 11) is 0. The number of rotatable bonds is 2. The van der Waals surface area contributed by atoms with E-state index in [1.165, 1.54) is 11.1 Å². The minimum absolute atomic E-state index is 0.122. The van der Waals surface area contributed by atoms with Crippen LogP contribution in [0.2, 0.25) is 5.02 Å². The number of fused-ring (bicyclic) bond motifs is 1. The van der Waals surface area contributed by atoms with Crippen LogP contribution in [0.25, 0.3) is 0 Å². The molecule has 0 saturated heterocycles. The van der Waals surface area contributed by atoms with Gasteiger partial charge < -0.3 is 5.43 Å². The fourth-order valence-corrected chi connectivity index (χ4v) is 4.08. The van der Waals surface area contributed by atoms with Gasteiger partial charge in [0.15, 0.2) is 0 Å². The molecule has 2 aromatic rings. The monoisotopic (exact) mass is 396 g/mol. The lowest BCUT2D eigenvalue weighted by molar-refractivity contribution is 0.498. The lowest BCUT2D eigenvalue weighted by Crippen LogP contribution is -2.27.